The number of thioether (sulfide) groups is 1. The van der Waals surface area contributed by atoms with E-state index < -0.39 is 10.0 Å². The minimum Gasteiger partial charge on any atom is -0.307 e. The lowest BCUT2D eigenvalue weighted by atomic mass is 10.5. The molecule has 0 radical (unpaired) electrons. The highest BCUT2D eigenvalue weighted by molar-refractivity contribution is 7.99. The number of sulfonamides is 1. The van der Waals surface area contributed by atoms with Gasteiger partial charge in [-0.2, -0.15) is 16.1 Å². The average molecular weight is 274 g/mol. The molecule has 1 aromatic rings. The van der Waals surface area contributed by atoms with E-state index in [2.05, 4.69) is 10.4 Å². The third-order valence-electron chi connectivity index (χ3n) is 2.50. The maximum Gasteiger partial charge on any atom is 0.246 e. The molecular weight excluding hydrogens is 260 g/mol. The van der Waals surface area contributed by atoms with Crippen LogP contribution < -0.4 is 11.3 Å². The maximum absolute atomic E-state index is 12.3. The molecular formula is C9H14N4O2S2. The molecule has 6 nitrogen and oxygen atoms in total. The summed E-state index contributed by atoms with van der Waals surface area (Å²) in [5.74, 6) is 7.11. The summed E-state index contributed by atoms with van der Waals surface area (Å²) in [5, 5.41) is 0. The van der Waals surface area contributed by atoms with E-state index in [-0.39, 0.29) is 10.7 Å². The Bertz CT molecular complexity index is 486. The van der Waals surface area contributed by atoms with Crippen LogP contribution in [-0.4, -0.2) is 42.3 Å². The Hall–Kier alpha value is -0.830. The van der Waals surface area contributed by atoms with E-state index in [9.17, 15) is 8.42 Å². The molecule has 2 rings (SSSR count). The molecule has 8 heteroatoms. The van der Waals surface area contributed by atoms with Crippen molar-refractivity contribution in [2.45, 2.75) is 4.90 Å². The van der Waals surface area contributed by atoms with Gasteiger partial charge in [0.05, 0.1) is 0 Å². The molecule has 0 aromatic carbocycles. The number of hydrogen-bond donors (Lipinski definition) is 2. The number of nitrogens with zero attached hydrogens (tertiary/aromatic N) is 2. The molecule has 94 valence electrons. The summed E-state index contributed by atoms with van der Waals surface area (Å²) in [7, 11) is -3.49. The van der Waals surface area contributed by atoms with E-state index in [1.807, 2.05) is 0 Å². The van der Waals surface area contributed by atoms with Crippen molar-refractivity contribution in [1.82, 2.24) is 9.29 Å². The quantitative estimate of drug-likeness (QED) is 0.600. The van der Waals surface area contributed by atoms with Gasteiger partial charge in [0, 0.05) is 30.8 Å². The van der Waals surface area contributed by atoms with E-state index in [4.69, 9.17) is 5.84 Å². The van der Waals surface area contributed by atoms with Crippen molar-refractivity contribution >= 4 is 27.6 Å². The fraction of sp³-hybridized carbons (Fsp3) is 0.444. The molecule has 3 N–H and O–H groups in total. The lowest BCUT2D eigenvalue weighted by molar-refractivity contribution is 0.443. The van der Waals surface area contributed by atoms with Crippen LogP contribution in [0.1, 0.15) is 0 Å². The second kappa shape index (κ2) is 5.21. The van der Waals surface area contributed by atoms with Crippen LogP contribution in [-0.2, 0) is 10.0 Å². The van der Waals surface area contributed by atoms with Gasteiger partial charge in [0.25, 0.3) is 0 Å². The van der Waals surface area contributed by atoms with E-state index in [0.717, 1.165) is 11.5 Å². The topological polar surface area (TPSA) is 88.3 Å². The molecule has 0 saturated carbocycles. The lowest BCUT2D eigenvalue weighted by Crippen LogP contribution is -2.38. The van der Waals surface area contributed by atoms with Gasteiger partial charge < -0.3 is 5.43 Å². The fourth-order valence-corrected chi connectivity index (χ4v) is 4.32. The first-order chi connectivity index (χ1) is 8.16. The normalized spacial score (nSPS) is 17.9. The largest absolute Gasteiger partial charge is 0.307 e. The Morgan fingerprint density at radius 1 is 1.41 bits per heavy atom. The van der Waals surface area contributed by atoms with Crippen molar-refractivity contribution in [2.75, 3.05) is 30.0 Å². The number of pyridine rings is 1. The number of nitrogen functional groups attached to an aromatic ring is 1. The van der Waals surface area contributed by atoms with Crippen molar-refractivity contribution in [3.05, 3.63) is 18.3 Å². The van der Waals surface area contributed by atoms with E-state index in [1.165, 1.54) is 16.6 Å². The Morgan fingerprint density at radius 2 is 2.12 bits per heavy atom. The minimum atomic E-state index is -3.49. The van der Waals surface area contributed by atoms with Crippen molar-refractivity contribution < 1.29 is 8.42 Å². The summed E-state index contributed by atoms with van der Waals surface area (Å²) < 4.78 is 26.2. The highest BCUT2D eigenvalue weighted by atomic mass is 32.2. The Balaban J connectivity index is 2.36. The summed E-state index contributed by atoms with van der Waals surface area (Å²) in [4.78, 5) is 4.04. The predicted molar refractivity (Wildman–Crippen MR) is 68.1 cm³/mol. The molecule has 1 fully saturated rings. The second-order valence-corrected chi connectivity index (χ2v) is 6.64. The van der Waals surface area contributed by atoms with Gasteiger partial charge in [-0.05, 0) is 12.1 Å². The molecule has 2 heterocycles. The van der Waals surface area contributed by atoms with Crippen molar-refractivity contribution in [2.24, 2.45) is 5.84 Å². The number of nitrogens with one attached hydrogen (secondary N) is 1. The van der Waals surface area contributed by atoms with E-state index >= 15 is 0 Å². The number of anilines is 1. The van der Waals surface area contributed by atoms with Gasteiger partial charge in [-0.3, -0.25) is 0 Å². The number of rotatable bonds is 3. The predicted octanol–water partition coefficient (Wildman–Crippen LogP) is 0.105. The maximum atomic E-state index is 12.3. The summed E-state index contributed by atoms with van der Waals surface area (Å²) in [5.41, 5.74) is 2.32. The van der Waals surface area contributed by atoms with Crippen molar-refractivity contribution in [3.63, 3.8) is 0 Å². The summed E-state index contributed by atoms with van der Waals surface area (Å²) in [6.45, 7) is 1.07. The summed E-state index contributed by atoms with van der Waals surface area (Å²) in [6, 6.07) is 3.10. The molecule has 1 saturated heterocycles. The summed E-state index contributed by atoms with van der Waals surface area (Å²) >= 11 is 1.76. The zero-order valence-corrected chi connectivity index (χ0v) is 10.8. The third kappa shape index (κ3) is 2.54. The monoisotopic (exact) mass is 274 g/mol. The molecule has 1 aliphatic rings. The van der Waals surface area contributed by atoms with E-state index in [0.29, 0.717) is 13.1 Å². The Morgan fingerprint density at radius 3 is 2.76 bits per heavy atom. The molecule has 0 spiro atoms. The van der Waals surface area contributed by atoms with Crippen LogP contribution in [0.4, 0.5) is 5.82 Å². The zero-order valence-electron chi connectivity index (χ0n) is 9.17. The van der Waals surface area contributed by atoms with Crippen LogP contribution >= 0.6 is 11.8 Å². The minimum absolute atomic E-state index is 0.134. The number of aromatic nitrogens is 1. The highest BCUT2D eigenvalue weighted by Crippen LogP contribution is 2.24. The molecule has 0 unspecified atom stereocenters. The van der Waals surface area contributed by atoms with Crippen LogP contribution in [0.3, 0.4) is 0 Å². The number of hydrazine groups is 1. The van der Waals surface area contributed by atoms with Crippen molar-refractivity contribution in [3.8, 4) is 0 Å². The first-order valence-electron chi connectivity index (χ1n) is 5.16. The number of nitrogens with two attached hydrogens (primary N) is 1. The van der Waals surface area contributed by atoms with Crippen molar-refractivity contribution in [1.29, 1.82) is 0 Å². The lowest BCUT2D eigenvalue weighted by Gasteiger charge is -2.26. The van der Waals surface area contributed by atoms with Crippen LogP contribution in [0.5, 0.6) is 0 Å². The van der Waals surface area contributed by atoms with Gasteiger partial charge in [0.1, 0.15) is 4.90 Å². The Labute approximate surface area is 105 Å². The van der Waals surface area contributed by atoms with Gasteiger partial charge in [-0.15, -0.1) is 0 Å². The fourth-order valence-electron chi connectivity index (χ4n) is 1.63. The molecule has 0 aliphatic carbocycles. The third-order valence-corrected chi connectivity index (χ3v) is 5.37. The average Bonchev–Trinajstić information content (AvgIpc) is 2.39. The SMILES string of the molecule is NNc1ncccc1S(=O)(=O)N1CCSCC1. The molecule has 0 bridgehead atoms. The smallest absolute Gasteiger partial charge is 0.246 e. The summed E-state index contributed by atoms with van der Waals surface area (Å²) in [6.07, 6.45) is 1.50. The molecule has 1 aromatic heterocycles. The highest BCUT2D eigenvalue weighted by Gasteiger charge is 2.28. The van der Waals surface area contributed by atoms with E-state index in [1.54, 1.807) is 17.8 Å². The van der Waals surface area contributed by atoms with Gasteiger partial charge in [0.15, 0.2) is 5.82 Å². The van der Waals surface area contributed by atoms with Crippen LogP contribution in [0.2, 0.25) is 0 Å². The molecule has 17 heavy (non-hydrogen) atoms. The standard InChI is InChI=1S/C9H14N4O2S2/c10-12-9-8(2-1-3-11-9)17(14,15)13-4-6-16-7-5-13/h1-3H,4-7,10H2,(H,11,12). The molecule has 1 aliphatic heterocycles. The zero-order chi connectivity index (χ0) is 12.3. The molecule has 0 atom stereocenters. The second-order valence-electron chi connectivity index (χ2n) is 3.51. The first-order valence-corrected chi connectivity index (χ1v) is 7.75. The number of hydrogen-bond acceptors (Lipinski definition) is 6. The van der Waals surface area contributed by atoms with Crippen LogP contribution in [0, 0.1) is 0 Å². The van der Waals surface area contributed by atoms with Crippen LogP contribution in [0.15, 0.2) is 23.2 Å². The van der Waals surface area contributed by atoms with Crippen LogP contribution in [0.25, 0.3) is 0 Å². The van der Waals surface area contributed by atoms with Gasteiger partial charge in [-0.1, -0.05) is 0 Å². The van der Waals surface area contributed by atoms with Gasteiger partial charge in [0.2, 0.25) is 10.0 Å². The Kier molecular flexibility index (Phi) is 3.87. The first kappa shape index (κ1) is 12.6. The van der Waals surface area contributed by atoms with Gasteiger partial charge in [-0.25, -0.2) is 19.2 Å². The van der Waals surface area contributed by atoms with Gasteiger partial charge >= 0.3 is 0 Å². The molecule has 0 amide bonds.